The molecule has 0 fully saturated rings. The van der Waals surface area contributed by atoms with E-state index in [4.69, 9.17) is 0 Å². The Morgan fingerprint density at radius 2 is 2.08 bits per heavy atom. The molecule has 3 rings (SSSR count). The Labute approximate surface area is 142 Å². The van der Waals surface area contributed by atoms with Gasteiger partial charge in [-0.2, -0.15) is 0 Å². The van der Waals surface area contributed by atoms with Crippen molar-refractivity contribution in [1.82, 2.24) is 20.3 Å². The van der Waals surface area contributed by atoms with Crippen molar-refractivity contribution in [2.24, 2.45) is 0 Å². The Morgan fingerprint density at radius 1 is 1.25 bits per heavy atom. The second-order valence-electron chi connectivity index (χ2n) is 6.18. The van der Waals surface area contributed by atoms with Gasteiger partial charge in [-0.1, -0.05) is 35.9 Å². The highest BCUT2D eigenvalue weighted by molar-refractivity contribution is 5.91. The fourth-order valence-electron chi connectivity index (χ4n) is 2.94. The third-order valence-electron chi connectivity index (χ3n) is 4.45. The summed E-state index contributed by atoms with van der Waals surface area (Å²) in [5, 5.41) is 11.0. The number of amides is 1. The van der Waals surface area contributed by atoms with Gasteiger partial charge < -0.3 is 5.32 Å². The van der Waals surface area contributed by atoms with Crippen LogP contribution in [0, 0.1) is 0 Å². The number of aryl methyl sites for hydroxylation is 1. The zero-order valence-corrected chi connectivity index (χ0v) is 14.2. The number of rotatable bonds is 6. The summed E-state index contributed by atoms with van der Waals surface area (Å²) in [7, 11) is 0. The van der Waals surface area contributed by atoms with Crippen molar-refractivity contribution in [2.45, 2.75) is 45.4 Å². The van der Waals surface area contributed by atoms with Crippen molar-refractivity contribution in [3.63, 3.8) is 0 Å². The monoisotopic (exact) mass is 324 g/mol. The zero-order chi connectivity index (χ0) is 16.8. The fraction of sp³-hybridized carbons (Fsp3) is 0.421. The third kappa shape index (κ3) is 4.10. The number of hydrogen-bond donors (Lipinski definition) is 1. The predicted molar refractivity (Wildman–Crippen MR) is 94.2 cm³/mol. The molecule has 5 heteroatoms. The van der Waals surface area contributed by atoms with Crippen LogP contribution < -0.4 is 5.32 Å². The molecule has 1 heterocycles. The molecule has 0 saturated carbocycles. The summed E-state index contributed by atoms with van der Waals surface area (Å²) in [6.45, 7) is 2.78. The Balaban J connectivity index is 1.55. The van der Waals surface area contributed by atoms with Crippen molar-refractivity contribution in [1.29, 1.82) is 0 Å². The zero-order valence-electron chi connectivity index (χ0n) is 14.2. The lowest BCUT2D eigenvalue weighted by Gasteiger charge is -2.12. The number of nitrogens with one attached hydrogen (secondary N) is 1. The SMILES string of the molecule is CCc1ccc(-n2cc(C(=O)NCCC3=CCCCC3)nn2)cc1. The first kappa shape index (κ1) is 16.4. The van der Waals surface area contributed by atoms with Crippen molar-refractivity contribution >= 4 is 5.91 Å². The van der Waals surface area contributed by atoms with Crippen LogP contribution in [0.25, 0.3) is 5.69 Å². The fourth-order valence-corrected chi connectivity index (χ4v) is 2.94. The van der Waals surface area contributed by atoms with Crippen LogP contribution in [0.15, 0.2) is 42.1 Å². The van der Waals surface area contributed by atoms with E-state index in [0.29, 0.717) is 12.2 Å². The van der Waals surface area contributed by atoms with Crippen LogP contribution in [0.2, 0.25) is 0 Å². The summed E-state index contributed by atoms with van der Waals surface area (Å²) < 4.78 is 1.64. The van der Waals surface area contributed by atoms with Crippen LogP contribution in [0.4, 0.5) is 0 Å². The summed E-state index contributed by atoms with van der Waals surface area (Å²) in [5.74, 6) is -0.164. The van der Waals surface area contributed by atoms with E-state index < -0.39 is 0 Å². The second-order valence-corrected chi connectivity index (χ2v) is 6.18. The van der Waals surface area contributed by atoms with Crippen LogP contribution >= 0.6 is 0 Å². The largest absolute Gasteiger partial charge is 0.350 e. The molecule has 1 amide bonds. The summed E-state index contributed by atoms with van der Waals surface area (Å²) in [4.78, 5) is 12.2. The molecular weight excluding hydrogens is 300 g/mol. The van der Waals surface area contributed by atoms with E-state index in [9.17, 15) is 4.79 Å². The van der Waals surface area contributed by atoms with Crippen LogP contribution in [-0.2, 0) is 6.42 Å². The molecule has 2 aromatic rings. The number of aromatic nitrogens is 3. The van der Waals surface area contributed by atoms with Gasteiger partial charge in [0.2, 0.25) is 0 Å². The molecule has 0 spiro atoms. The second kappa shape index (κ2) is 7.90. The average molecular weight is 324 g/mol. The highest BCUT2D eigenvalue weighted by Crippen LogP contribution is 2.19. The van der Waals surface area contributed by atoms with Gasteiger partial charge in [0, 0.05) is 6.54 Å². The van der Waals surface area contributed by atoms with Gasteiger partial charge in [0.1, 0.15) is 0 Å². The van der Waals surface area contributed by atoms with Crippen molar-refractivity contribution < 1.29 is 4.79 Å². The first-order chi connectivity index (χ1) is 11.8. The topological polar surface area (TPSA) is 59.8 Å². The van der Waals surface area contributed by atoms with Gasteiger partial charge in [0.05, 0.1) is 11.9 Å². The molecule has 0 unspecified atom stereocenters. The molecule has 1 N–H and O–H groups in total. The highest BCUT2D eigenvalue weighted by atomic mass is 16.2. The Hall–Kier alpha value is -2.43. The molecule has 126 valence electrons. The Kier molecular flexibility index (Phi) is 5.41. The molecule has 0 radical (unpaired) electrons. The average Bonchev–Trinajstić information content (AvgIpc) is 3.13. The molecule has 0 aliphatic heterocycles. The van der Waals surface area contributed by atoms with Crippen molar-refractivity contribution in [3.05, 3.63) is 53.4 Å². The molecule has 1 aromatic heterocycles. The van der Waals surface area contributed by atoms with E-state index in [0.717, 1.165) is 18.5 Å². The minimum atomic E-state index is -0.164. The Morgan fingerprint density at radius 3 is 2.79 bits per heavy atom. The number of benzene rings is 1. The number of hydrogen-bond acceptors (Lipinski definition) is 3. The minimum Gasteiger partial charge on any atom is -0.350 e. The van der Waals surface area contributed by atoms with E-state index in [2.05, 4.69) is 40.8 Å². The molecule has 0 saturated heterocycles. The van der Waals surface area contributed by atoms with E-state index in [1.54, 1.807) is 10.9 Å². The van der Waals surface area contributed by atoms with Gasteiger partial charge in [-0.05, 0) is 56.2 Å². The van der Waals surface area contributed by atoms with Crippen LogP contribution in [0.5, 0.6) is 0 Å². The molecule has 5 nitrogen and oxygen atoms in total. The summed E-state index contributed by atoms with van der Waals surface area (Å²) >= 11 is 0. The smallest absolute Gasteiger partial charge is 0.273 e. The van der Waals surface area contributed by atoms with Crippen LogP contribution in [0.3, 0.4) is 0 Å². The van der Waals surface area contributed by atoms with Gasteiger partial charge in [-0.25, -0.2) is 4.68 Å². The number of allylic oxidation sites excluding steroid dienone is 1. The van der Waals surface area contributed by atoms with Gasteiger partial charge >= 0.3 is 0 Å². The summed E-state index contributed by atoms with van der Waals surface area (Å²) in [6.07, 6.45) is 10.8. The van der Waals surface area contributed by atoms with E-state index >= 15 is 0 Å². The minimum absolute atomic E-state index is 0.164. The van der Waals surface area contributed by atoms with E-state index in [1.165, 1.54) is 36.8 Å². The highest BCUT2D eigenvalue weighted by Gasteiger charge is 2.11. The molecule has 1 aromatic carbocycles. The summed E-state index contributed by atoms with van der Waals surface area (Å²) in [6, 6.07) is 8.11. The molecule has 0 bridgehead atoms. The standard InChI is InChI=1S/C19H24N4O/c1-2-15-8-10-17(11-9-15)23-14-18(21-22-23)19(24)20-13-12-16-6-4-3-5-7-16/h6,8-11,14H,2-5,7,12-13H2,1H3,(H,20,24). The van der Waals surface area contributed by atoms with Crippen LogP contribution in [0.1, 0.15) is 55.1 Å². The van der Waals surface area contributed by atoms with Gasteiger partial charge in [0.15, 0.2) is 5.69 Å². The Bertz CT molecular complexity index is 715. The van der Waals surface area contributed by atoms with Crippen molar-refractivity contribution in [2.75, 3.05) is 6.54 Å². The number of carbonyl (C=O) groups is 1. The molecule has 24 heavy (non-hydrogen) atoms. The van der Waals surface area contributed by atoms with Gasteiger partial charge in [-0.3, -0.25) is 4.79 Å². The lowest BCUT2D eigenvalue weighted by atomic mass is 9.97. The third-order valence-corrected chi connectivity index (χ3v) is 4.45. The summed E-state index contributed by atoms with van der Waals surface area (Å²) in [5.41, 5.74) is 3.99. The lowest BCUT2D eigenvalue weighted by Crippen LogP contribution is -2.25. The van der Waals surface area contributed by atoms with Gasteiger partial charge in [-0.15, -0.1) is 5.10 Å². The maximum atomic E-state index is 12.2. The first-order valence-corrected chi connectivity index (χ1v) is 8.74. The van der Waals surface area contributed by atoms with E-state index in [1.807, 2.05) is 12.1 Å². The molecule has 1 aliphatic carbocycles. The van der Waals surface area contributed by atoms with Crippen molar-refractivity contribution in [3.8, 4) is 5.69 Å². The van der Waals surface area contributed by atoms with Crippen LogP contribution in [-0.4, -0.2) is 27.4 Å². The molecular formula is C19H24N4O. The molecule has 1 aliphatic rings. The normalized spacial score (nSPS) is 14.3. The molecule has 0 atom stereocenters. The van der Waals surface area contributed by atoms with E-state index in [-0.39, 0.29) is 5.91 Å². The van der Waals surface area contributed by atoms with Gasteiger partial charge in [0.25, 0.3) is 5.91 Å². The predicted octanol–water partition coefficient (Wildman–Crippen LogP) is 3.45. The number of carbonyl (C=O) groups excluding carboxylic acids is 1. The number of nitrogens with zero attached hydrogens (tertiary/aromatic N) is 3. The maximum Gasteiger partial charge on any atom is 0.273 e. The maximum absolute atomic E-state index is 12.2. The lowest BCUT2D eigenvalue weighted by molar-refractivity contribution is 0.0949. The quantitative estimate of drug-likeness (QED) is 0.828. The first-order valence-electron chi connectivity index (χ1n) is 8.74.